The average Bonchev–Trinajstić information content (AvgIpc) is 3.57. The number of nitrogens with one attached hydrogen (secondary N) is 1. The van der Waals surface area contributed by atoms with Crippen molar-refractivity contribution in [2.24, 2.45) is 11.8 Å². The van der Waals surface area contributed by atoms with Crippen LogP contribution in [0.5, 0.6) is 0 Å². The minimum atomic E-state index is -0.671. The van der Waals surface area contributed by atoms with Crippen molar-refractivity contribution in [3.8, 4) is 11.3 Å². The quantitative estimate of drug-likeness (QED) is 0.185. The predicted octanol–water partition coefficient (Wildman–Crippen LogP) is 10.5. The number of nitrogens with zero attached hydrogens (tertiary/aromatic N) is 4. The van der Waals surface area contributed by atoms with E-state index in [2.05, 4.69) is 175 Å². The van der Waals surface area contributed by atoms with Crippen molar-refractivity contribution >= 4 is 49.7 Å². The second kappa shape index (κ2) is 11.5. The van der Waals surface area contributed by atoms with Crippen molar-refractivity contribution < 1.29 is 9.14 Å². The molecule has 0 radical (unpaired) electrons. The molecule has 2 aliphatic heterocycles. The van der Waals surface area contributed by atoms with Crippen molar-refractivity contribution in [1.29, 1.82) is 0 Å². The van der Waals surface area contributed by atoms with E-state index < -0.39 is 5.79 Å². The first-order chi connectivity index (χ1) is 24.2. The zero-order valence-electron chi connectivity index (χ0n) is 32.7. The van der Waals surface area contributed by atoms with Crippen LogP contribution in [0.3, 0.4) is 0 Å². The maximum absolute atomic E-state index is 5.53. The highest BCUT2D eigenvalue weighted by Crippen LogP contribution is 2.52. The van der Waals surface area contributed by atoms with E-state index in [1.54, 1.807) is 0 Å². The summed E-state index contributed by atoms with van der Waals surface area (Å²) < 4.78 is 5.26. The fraction of sp³-hybridized carbons (Fsp3) is 0.413. The van der Waals surface area contributed by atoms with E-state index in [4.69, 9.17) is 4.98 Å². The van der Waals surface area contributed by atoms with Gasteiger partial charge in [0, 0.05) is 41.1 Å². The topological polar surface area (TPSA) is 38.8 Å². The molecule has 0 fully saturated rings. The van der Waals surface area contributed by atoms with Crippen LogP contribution in [0.2, 0.25) is 0 Å². The number of rotatable bonds is 5. The Morgan fingerprint density at radius 3 is 2.22 bits per heavy atom. The molecule has 0 amide bonds. The van der Waals surface area contributed by atoms with E-state index in [0.29, 0.717) is 11.8 Å². The molecule has 6 aromatic rings. The molecule has 4 aromatic carbocycles. The lowest BCUT2D eigenvalue weighted by Crippen LogP contribution is -2.74. The van der Waals surface area contributed by atoms with Crippen LogP contribution in [0.1, 0.15) is 98.7 Å². The second-order valence-corrected chi connectivity index (χ2v) is 17.5. The lowest BCUT2D eigenvalue weighted by Gasteiger charge is -2.42. The Kier molecular flexibility index (Phi) is 7.58. The van der Waals surface area contributed by atoms with Crippen molar-refractivity contribution in [3.05, 3.63) is 95.0 Å². The largest absolute Gasteiger partial charge is 0.418 e. The molecular formula is C46H55N5+2. The average molecular weight is 678 g/mol. The number of benzene rings is 4. The summed E-state index contributed by atoms with van der Waals surface area (Å²) in [6.07, 6.45) is 5.94. The molecule has 1 atom stereocenters. The van der Waals surface area contributed by atoms with Gasteiger partial charge in [0.05, 0.1) is 5.52 Å². The van der Waals surface area contributed by atoms with Crippen LogP contribution in [-0.2, 0) is 17.6 Å². The molecule has 5 heteroatoms. The van der Waals surface area contributed by atoms with Gasteiger partial charge in [-0.1, -0.05) is 103 Å². The second-order valence-electron chi connectivity index (χ2n) is 17.5. The Labute approximate surface area is 303 Å². The molecular weight excluding hydrogens is 623 g/mol. The first kappa shape index (κ1) is 33.6. The summed E-state index contributed by atoms with van der Waals surface area (Å²) in [4.78, 5) is 12.1. The number of allylic oxidation sites excluding steroid dienone is 1. The Morgan fingerprint density at radius 1 is 0.843 bits per heavy atom. The summed E-state index contributed by atoms with van der Waals surface area (Å²) in [7, 11) is 0. The molecule has 4 heterocycles. The minimum absolute atomic E-state index is 0.0581. The molecule has 262 valence electrons. The van der Waals surface area contributed by atoms with Gasteiger partial charge in [-0.2, -0.15) is 4.58 Å². The highest BCUT2D eigenvalue weighted by atomic mass is 15.5. The molecule has 51 heavy (non-hydrogen) atoms. The summed E-state index contributed by atoms with van der Waals surface area (Å²) >= 11 is 0. The van der Waals surface area contributed by atoms with Gasteiger partial charge < -0.3 is 4.98 Å². The van der Waals surface area contributed by atoms with Crippen molar-refractivity contribution in [2.45, 2.75) is 113 Å². The van der Waals surface area contributed by atoms with Gasteiger partial charge in [-0.05, 0) is 89.7 Å². The summed E-state index contributed by atoms with van der Waals surface area (Å²) in [6.45, 7) is 27.9. The van der Waals surface area contributed by atoms with Crippen molar-refractivity contribution in [2.75, 3.05) is 0 Å². The molecule has 0 saturated heterocycles. The molecule has 0 saturated carbocycles. The van der Waals surface area contributed by atoms with Crippen LogP contribution < -0.4 is 4.57 Å². The Morgan fingerprint density at radius 2 is 1.57 bits per heavy atom. The minimum Gasteiger partial charge on any atom is -0.317 e. The zero-order chi connectivity index (χ0) is 36.3. The summed E-state index contributed by atoms with van der Waals surface area (Å²) in [5.41, 5.74) is 10.1. The van der Waals surface area contributed by atoms with Gasteiger partial charge in [0.1, 0.15) is 10.9 Å². The lowest BCUT2D eigenvalue weighted by atomic mass is 9.79. The van der Waals surface area contributed by atoms with E-state index in [0.717, 1.165) is 17.9 Å². The van der Waals surface area contributed by atoms with Gasteiger partial charge in [0.15, 0.2) is 18.0 Å². The number of aryl methyl sites for hydroxylation is 1. The molecule has 0 aliphatic carbocycles. The maximum Gasteiger partial charge on any atom is 0.418 e. The fourth-order valence-electron chi connectivity index (χ4n) is 9.29. The maximum atomic E-state index is 5.53. The molecule has 2 aromatic heterocycles. The molecule has 1 N–H and O–H groups in total. The van der Waals surface area contributed by atoms with Gasteiger partial charge in [-0.3, -0.25) is 4.90 Å². The molecule has 1 spiro atoms. The van der Waals surface area contributed by atoms with E-state index in [9.17, 15) is 0 Å². The number of fused-ring (bicyclic) bond motifs is 13. The standard InChI is InChI=1S/C46H54N5/c1-26(2)22-32-17-15-16-31-20-21-36-40-43-37-23-38(45(10,11)12)34-18-13-14-19-35(34)41(37)46(51(43)30(9)47-44(40)48-42(36)39(31)32)49(28(5)6)24-33(27(3)4)25-50(46)29(7)8/h13-21,23-29H,22H2,1-12H3/q+1/p+1. The highest BCUT2D eigenvalue weighted by molar-refractivity contribution is 6.20. The third-order valence-electron chi connectivity index (χ3n) is 11.4. The third-order valence-corrected chi connectivity index (χ3v) is 11.4. The SMILES string of the molecule is Cc1nc2[nH]c3c(ccc4cccc(CC(C)C)c43)c2c2[n+]1C1(c3c-2cc(C(C)(C)C)c2ccccc32)N(C(C)C)C=C(C(C)C)C=[N+]1C(C)C. The summed E-state index contributed by atoms with van der Waals surface area (Å²) in [5, 5.41) is 7.68. The lowest BCUT2D eigenvalue weighted by molar-refractivity contribution is -0.944. The molecule has 1 unspecified atom stereocenters. The van der Waals surface area contributed by atoms with Crippen LogP contribution in [0.15, 0.2) is 72.4 Å². The van der Waals surface area contributed by atoms with Crippen LogP contribution in [0, 0.1) is 18.8 Å². The van der Waals surface area contributed by atoms with Crippen LogP contribution in [0.4, 0.5) is 0 Å². The van der Waals surface area contributed by atoms with E-state index in [1.807, 2.05) is 0 Å². The summed E-state index contributed by atoms with van der Waals surface area (Å²) in [5.74, 6) is 1.27. The van der Waals surface area contributed by atoms with Crippen molar-refractivity contribution in [3.63, 3.8) is 0 Å². The molecule has 2 aliphatic rings. The first-order valence-electron chi connectivity index (χ1n) is 19.2. The Bertz CT molecular complexity index is 2460. The normalized spacial score (nSPS) is 17.7. The van der Waals surface area contributed by atoms with E-state index in [-0.39, 0.29) is 17.5 Å². The monoisotopic (exact) mass is 677 g/mol. The van der Waals surface area contributed by atoms with Gasteiger partial charge in [-0.15, -0.1) is 4.57 Å². The van der Waals surface area contributed by atoms with E-state index in [1.165, 1.54) is 71.4 Å². The zero-order valence-corrected chi connectivity index (χ0v) is 32.7. The molecule has 8 rings (SSSR count). The number of hydrogen-bond acceptors (Lipinski definition) is 2. The summed E-state index contributed by atoms with van der Waals surface area (Å²) in [6, 6.07) is 23.6. The van der Waals surface area contributed by atoms with Crippen LogP contribution >= 0.6 is 0 Å². The van der Waals surface area contributed by atoms with Gasteiger partial charge in [0.2, 0.25) is 0 Å². The molecule has 5 nitrogen and oxygen atoms in total. The van der Waals surface area contributed by atoms with Crippen LogP contribution in [-0.4, -0.2) is 37.7 Å². The predicted molar refractivity (Wildman–Crippen MR) is 215 cm³/mol. The van der Waals surface area contributed by atoms with Gasteiger partial charge in [0.25, 0.3) is 5.65 Å². The van der Waals surface area contributed by atoms with E-state index >= 15 is 0 Å². The third kappa shape index (κ3) is 4.69. The highest BCUT2D eigenvalue weighted by Gasteiger charge is 2.66. The number of H-pyrrole nitrogens is 1. The Hall–Kier alpha value is -4.51. The number of hydrogen-bond donors (Lipinski definition) is 1. The number of aromatic nitrogens is 3. The number of aromatic amines is 1. The van der Waals surface area contributed by atoms with Gasteiger partial charge >= 0.3 is 11.6 Å². The smallest absolute Gasteiger partial charge is 0.317 e. The Balaban J connectivity index is 1.64. The first-order valence-corrected chi connectivity index (χ1v) is 19.2. The van der Waals surface area contributed by atoms with Gasteiger partial charge in [-0.25, -0.2) is 0 Å². The van der Waals surface area contributed by atoms with Crippen molar-refractivity contribution in [1.82, 2.24) is 14.9 Å². The molecule has 0 bridgehead atoms. The van der Waals surface area contributed by atoms with Crippen LogP contribution in [0.25, 0.3) is 54.7 Å². The fourth-order valence-corrected chi connectivity index (χ4v) is 9.29.